The minimum atomic E-state index is -4.39. The van der Waals surface area contributed by atoms with Gasteiger partial charge in [-0.05, 0) is 31.9 Å². The molecule has 132 valence electrons. The average molecular weight is 343 g/mol. The number of anilines is 1. The van der Waals surface area contributed by atoms with E-state index in [-0.39, 0.29) is 6.09 Å². The fourth-order valence-corrected chi connectivity index (χ4v) is 3.43. The van der Waals surface area contributed by atoms with Crippen molar-refractivity contribution in [3.8, 4) is 0 Å². The lowest BCUT2D eigenvalue weighted by molar-refractivity contribution is -0.137. The minimum absolute atomic E-state index is 0.331. The summed E-state index contributed by atoms with van der Waals surface area (Å²) in [5, 5.41) is 0. The molecule has 0 radical (unpaired) electrons. The Balaban J connectivity index is 1.80. The summed E-state index contributed by atoms with van der Waals surface area (Å²) in [5.74, 6) is 0.331. The highest BCUT2D eigenvalue weighted by atomic mass is 19.4. The van der Waals surface area contributed by atoms with Crippen LogP contribution in [0.4, 0.5) is 23.8 Å². The van der Waals surface area contributed by atoms with Gasteiger partial charge >= 0.3 is 12.3 Å². The van der Waals surface area contributed by atoms with E-state index in [2.05, 4.69) is 4.98 Å². The maximum absolute atomic E-state index is 13.0. The van der Waals surface area contributed by atoms with Gasteiger partial charge in [0.2, 0.25) is 0 Å². The molecule has 0 aromatic carbocycles. The molecule has 1 amide bonds. The summed E-state index contributed by atoms with van der Waals surface area (Å²) >= 11 is 0. The number of hydrogen-bond acceptors (Lipinski definition) is 4. The Bertz CT molecular complexity index is 650. The van der Waals surface area contributed by atoms with Gasteiger partial charge in [0, 0.05) is 32.3 Å². The Morgan fingerprint density at radius 1 is 1.25 bits per heavy atom. The zero-order chi connectivity index (χ0) is 17.5. The van der Waals surface area contributed by atoms with Crippen LogP contribution in [-0.4, -0.2) is 48.3 Å². The zero-order valence-corrected chi connectivity index (χ0v) is 13.7. The third-order valence-electron chi connectivity index (χ3n) is 4.63. The van der Waals surface area contributed by atoms with Crippen LogP contribution in [0.15, 0.2) is 12.1 Å². The number of ether oxygens (including phenoxy) is 1. The summed E-state index contributed by atoms with van der Waals surface area (Å²) in [6.07, 6.45) is -2.70. The Hall–Kier alpha value is -1.99. The van der Waals surface area contributed by atoms with Gasteiger partial charge in [0.25, 0.3) is 0 Å². The van der Waals surface area contributed by atoms with Gasteiger partial charge in [0.1, 0.15) is 11.4 Å². The van der Waals surface area contributed by atoms with Crippen LogP contribution in [0.25, 0.3) is 0 Å². The largest absolute Gasteiger partial charge is 0.441 e. The van der Waals surface area contributed by atoms with Crippen molar-refractivity contribution in [2.75, 3.05) is 31.6 Å². The summed E-state index contributed by atoms with van der Waals surface area (Å²) in [5.41, 5.74) is -0.876. The number of carbonyl (C=O) groups is 1. The smallest absolute Gasteiger partial charge is 0.416 e. The minimum Gasteiger partial charge on any atom is -0.441 e. The first-order valence-corrected chi connectivity index (χ1v) is 7.94. The van der Waals surface area contributed by atoms with Crippen molar-refractivity contribution in [1.29, 1.82) is 0 Å². The van der Waals surface area contributed by atoms with Crippen molar-refractivity contribution < 1.29 is 22.7 Å². The molecule has 1 spiro atoms. The molecule has 5 nitrogen and oxygen atoms in total. The molecule has 8 heteroatoms. The van der Waals surface area contributed by atoms with Gasteiger partial charge in [-0.25, -0.2) is 9.78 Å². The Labute approximate surface area is 138 Å². The number of alkyl halides is 3. The van der Waals surface area contributed by atoms with Gasteiger partial charge in [0.15, 0.2) is 0 Å². The number of aryl methyl sites for hydroxylation is 1. The molecular formula is C16H20F3N3O2. The van der Waals surface area contributed by atoms with E-state index in [1.807, 2.05) is 4.90 Å². The maximum Gasteiger partial charge on any atom is 0.416 e. The molecule has 24 heavy (non-hydrogen) atoms. The molecule has 2 aliphatic heterocycles. The van der Waals surface area contributed by atoms with Crippen molar-refractivity contribution >= 4 is 11.9 Å². The van der Waals surface area contributed by atoms with Gasteiger partial charge in [0.05, 0.1) is 12.1 Å². The monoisotopic (exact) mass is 343 g/mol. The molecule has 1 aromatic heterocycles. The molecule has 0 bridgehead atoms. The topological polar surface area (TPSA) is 45.7 Å². The Morgan fingerprint density at radius 3 is 2.62 bits per heavy atom. The van der Waals surface area contributed by atoms with Gasteiger partial charge in [-0.1, -0.05) is 0 Å². The first kappa shape index (κ1) is 16.9. The number of carbonyl (C=O) groups excluding carboxylic acids is 1. The van der Waals surface area contributed by atoms with Crippen LogP contribution in [0.3, 0.4) is 0 Å². The predicted molar refractivity (Wildman–Crippen MR) is 81.9 cm³/mol. The van der Waals surface area contributed by atoms with Gasteiger partial charge in [-0.2, -0.15) is 13.2 Å². The molecule has 2 saturated heterocycles. The summed E-state index contributed by atoms with van der Waals surface area (Å²) in [4.78, 5) is 19.3. The van der Waals surface area contributed by atoms with Crippen molar-refractivity contribution in [1.82, 2.24) is 9.88 Å². The zero-order valence-electron chi connectivity index (χ0n) is 13.7. The normalized spacial score (nSPS) is 25.1. The predicted octanol–water partition coefficient (Wildman–Crippen LogP) is 3.22. The van der Waals surface area contributed by atoms with Gasteiger partial charge < -0.3 is 14.5 Å². The first-order chi connectivity index (χ1) is 11.2. The van der Waals surface area contributed by atoms with Crippen molar-refractivity contribution in [2.24, 2.45) is 0 Å². The molecule has 0 aliphatic carbocycles. The fourth-order valence-electron chi connectivity index (χ4n) is 3.43. The van der Waals surface area contributed by atoms with E-state index >= 15 is 0 Å². The second-order valence-electron chi connectivity index (χ2n) is 6.60. The molecule has 2 fully saturated rings. The number of likely N-dealkylation sites (N-methyl/N-ethyl adjacent to an activating group) is 1. The molecule has 1 atom stereocenters. The number of pyridine rings is 1. The quantitative estimate of drug-likeness (QED) is 0.785. The van der Waals surface area contributed by atoms with Crippen molar-refractivity contribution in [2.45, 2.75) is 38.0 Å². The molecule has 3 rings (SSSR count). The second kappa shape index (κ2) is 5.82. The molecule has 1 aromatic rings. The van der Waals surface area contributed by atoms with Crippen LogP contribution in [0.1, 0.15) is 30.5 Å². The number of aromatic nitrogens is 1. The Morgan fingerprint density at radius 2 is 2.00 bits per heavy atom. The van der Waals surface area contributed by atoms with Crippen LogP contribution in [0.2, 0.25) is 0 Å². The number of rotatable bonds is 1. The summed E-state index contributed by atoms with van der Waals surface area (Å²) in [7, 11) is 1.69. The van der Waals surface area contributed by atoms with Crippen LogP contribution in [0.5, 0.6) is 0 Å². The van der Waals surface area contributed by atoms with E-state index in [1.165, 1.54) is 0 Å². The maximum atomic E-state index is 13.0. The summed E-state index contributed by atoms with van der Waals surface area (Å²) < 4.78 is 44.6. The van der Waals surface area contributed by atoms with E-state index in [0.29, 0.717) is 44.0 Å². The second-order valence-corrected chi connectivity index (χ2v) is 6.60. The lowest BCUT2D eigenvalue weighted by atomic mass is 9.95. The molecule has 0 saturated carbocycles. The Kier molecular flexibility index (Phi) is 4.09. The van der Waals surface area contributed by atoms with Crippen LogP contribution in [0, 0.1) is 6.92 Å². The van der Waals surface area contributed by atoms with Crippen molar-refractivity contribution in [3.63, 3.8) is 0 Å². The third kappa shape index (κ3) is 3.27. The molecule has 3 heterocycles. The summed E-state index contributed by atoms with van der Waals surface area (Å²) in [6.45, 7) is 3.19. The van der Waals surface area contributed by atoms with Crippen LogP contribution < -0.4 is 4.90 Å². The number of nitrogens with zero attached hydrogens (tertiary/aromatic N) is 3. The lowest BCUT2D eigenvalue weighted by Gasteiger charge is -2.26. The highest BCUT2D eigenvalue weighted by Crippen LogP contribution is 2.35. The number of hydrogen-bond donors (Lipinski definition) is 0. The fraction of sp³-hybridized carbons (Fsp3) is 0.625. The lowest BCUT2D eigenvalue weighted by Crippen LogP contribution is -2.35. The first-order valence-electron chi connectivity index (χ1n) is 7.94. The van der Waals surface area contributed by atoms with Crippen molar-refractivity contribution in [3.05, 3.63) is 23.4 Å². The number of halogens is 3. The van der Waals surface area contributed by atoms with E-state index < -0.39 is 17.3 Å². The standard InChI is InChI=1S/C16H20F3N3O2/c1-11-8-12(16(17,18)19)9-13(20-11)22-6-3-4-15(5-7-22)10-21(2)14(23)24-15/h8-9H,3-7,10H2,1-2H3. The van der Waals surface area contributed by atoms with Gasteiger partial charge in [-0.15, -0.1) is 0 Å². The average Bonchev–Trinajstić information content (AvgIpc) is 2.65. The van der Waals surface area contributed by atoms with Crippen LogP contribution in [-0.2, 0) is 10.9 Å². The highest BCUT2D eigenvalue weighted by Gasteiger charge is 2.44. The molecule has 0 N–H and O–H groups in total. The SMILES string of the molecule is Cc1cc(C(F)(F)F)cc(N2CCCC3(CC2)CN(C)C(=O)O3)n1. The molecule has 1 unspecified atom stereocenters. The molecule has 2 aliphatic rings. The van der Waals surface area contributed by atoms with E-state index in [1.54, 1.807) is 18.9 Å². The number of amides is 1. The molecular weight excluding hydrogens is 323 g/mol. The van der Waals surface area contributed by atoms with E-state index in [0.717, 1.165) is 18.6 Å². The van der Waals surface area contributed by atoms with E-state index in [9.17, 15) is 18.0 Å². The summed E-state index contributed by atoms with van der Waals surface area (Å²) in [6, 6.07) is 2.15. The third-order valence-corrected chi connectivity index (χ3v) is 4.63. The highest BCUT2D eigenvalue weighted by molar-refractivity contribution is 5.70. The van der Waals surface area contributed by atoms with Crippen LogP contribution >= 0.6 is 0 Å². The van der Waals surface area contributed by atoms with E-state index in [4.69, 9.17) is 4.74 Å². The van der Waals surface area contributed by atoms with Gasteiger partial charge in [-0.3, -0.25) is 0 Å².